The van der Waals surface area contributed by atoms with Crippen LogP contribution in [0.2, 0.25) is 5.02 Å². The Labute approximate surface area is 162 Å². The van der Waals surface area contributed by atoms with Crippen molar-refractivity contribution in [2.45, 2.75) is 6.42 Å². The van der Waals surface area contributed by atoms with E-state index in [-0.39, 0.29) is 6.61 Å². The molecule has 27 heavy (non-hydrogen) atoms. The van der Waals surface area contributed by atoms with Crippen LogP contribution in [0.1, 0.15) is 5.56 Å². The Hall–Kier alpha value is -2.99. The number of nitrogens with one attached hydrogen (secondary N) is 1. The van der Waals surface area contributed by atoms with Crippen LogP contribution in [0, 0.1) is 0 Å². The van der Waals surface area contributed by atoms with E-state index < -0.39 is 18.5 Å². The van der Waals surface area contributed by atoms with Gasteiger partial charge in [-0.25, -0.2) is 4.79 Å². The van der Waals surface area contributed by atoms with Crippen molar-refractivity contribution in [2.24, 2.45) is 0 Å². The fourth-order valence-electron chi connectivity index (χ4n) is 2.21. The number of ether oxygens (including phenoxy) is 3. The van der Waals surface area contributed by atoms with E-state index in [2.05, 4.69) is 11.9 Å². The summed E-state index contributed by atoms with van der Waals surface area (Å²) in [6.07, 6.45) is 2.47. The van der Waals surface area contributed by atoms with E-state index in [1.807, 2.05) is 6.07 Å². The number of carbonyl (C=O) groups is 2. The van der Waals surface area contributed by atoms with Crippen LogP contribution in [0.3, 0.4) is 0 Å². The molecule has 0 aliphatic heterocycles. The van der Waals surface area contributed by atoms with Gasteiger partial charge in [0.15, 0.2) is 24.7 Å². The molecule has 0 atom stereocenters. The molecular weight excluding hydrogens is 370 g/mol. The quantitative estimate of drug-likeness (QED) is 0.523. The van der Waals surface area contributed by atoms with E-state index in [1.165, 1.54) is 7.11 Å². The summed E-state index contributed by atoms with van der Waals surface area (Å²) in [6.45, 7) is 2.91. The van der Waals surface area contributed by atoms with Gasteiger partial charge >= 0.3 is 5.97 Å². The summed E-state index contributed by atoms with van der Waals surface area (Å²) in [4.78, 5) is 23.6. The smallest absolute Gasteiger partial charge is 0.344 e. The van der Waals surface area contributed by atoms with Crippen LogP contribution in [0.4, 0.5) is 5.69 Å². The molecule has 2 aromatic rings. The lowest BCUT2D eigenvalue weighted by molar-refractivity contribution is -0.149. The van der Waals surface area contributed by atoms with Crippen molar-refractivity contribution >= 4 is 29.2 Å². The minimum absolute atomic E-state index is 0.346. The van der Waals surface area contributed by atoms with Gasteiger partial charge < -0.3 is 19.5 Å². The lowest BCUT2D eigenvalue weighted by Crippen LogP contribution is -2.23. The Bertz CT molecular complexity index is 822. The zero-order valence-electron chi connectivity index (χ0n) is 14.9. The summed E-state index contributed by atoms with van der Waals surface area (Å²) in [7, 11) is 1.51. The molecule has 0 saturated carbocycles. The molecule has 6 nitrogen and oxygen atoms in total. The van der Waals surface area contributed by atoms with E-state index in [4.69, 9.17) is 25.8 Å². The molecule has 0 aromatic heterocycles. The van der Waals surface area contributed by atoms with Crippen LogP contribution in [-0.2, 0) is 20.7 Å². The molecule has 7 heteroatoms. The summed E-state index contributed by atoms with van der Waals surface area (Å²) in [6, 6.07) is 12.0. The summed E-state index contributed by atoms with van der Waals surface area (Å²) in [5, 5.41) is 3.07. The third kappa shape index (κ3) is 6.67. The number of methoxy groups -OCH3 is 1. The fraction of sp³-hybridized carbons (Fsp3) is 0.200. The summed E-state index contributed by atoms with van der Waals surface area (Å²) < 4.78 is 15.6. The van der Waals surface area contributed by atoms with Gasteiger partial charge in [-0.2, -0.15) is 0 Å². The predicted molar refractivity (Wildman–Crippen MR) is 103 cm³/mol. The van der Waals surface area contributed by atoms with Crippen molar-refractivity contribution in [1.82, 2.24) is 0 Å². The van der Waals surface area contributed by atoms with Crippen LogP contribution >= 0.6 is 11.6 Å². The zero-order valence-corrected chi connectivity index (χ0v) is 15.6. The van der Waals surface area contributed by atoms with Crippen molar-refractivity contribution < 1.29 is 23.8 Å². The first-order valence-electron chi connectivity index (χ1n) is 8.13. The van der Waals surface area contributed by atoms with Crippen molar-refractivity contribution in [3.63, 3.8) is 0 Å². The highest BCUT2D eigenvalue weighted by Crippen LogP contribution is 2.28. The molecule has 0 fully saturated rings. The average Bonchev–Trinajstić information content (AvgIpc) is 2.65. The maximum Gasteiger partial charge on any atom is 0.344 e. The standard InChI is InChI=1S/C20H20ClNO5/c1-3-5-14-8-9-17(18(10-14)25-2)26-13-20(24)27-12-19(23)22-16-7-4-6-15(21)11-16/h3-4,6-11H,1,5,12-13H2,2H3,(H,22,23). The topological polar surface area (TPSA) is 73.9 Å². The second-order valence-corrected chi connectivity index (χ2v) is 5.92. The molecule has 0 saturated heterocycles. The van der Waals surface area contributed by atoms with Crippen molar-refractivity contribution in [3.05, 3.63) is 65.7 Å². The van der Waals surface area contributed by atoms with Crippen molar-refractivity contribution in [3.8, 4) is 11.5 Å². The molecule has 142 valence electrons. The number of hydrogen-bond donors (Lipinski definition) is 1. The van der Waals surface area contributed by atoms with Gasteiger partial charge in [-0.15, -0.1) is 6.58 Å². The molecule has 0 bridgehead atoms. The number of anilines is 1. The summed E-state index contributed by atoms with van der Waals surface area (Å²) in [5.41, 5.74) is 1.53. The Morgan fingerprint density at radius 3 is 2.67 bits per heavy atom. The Morgan fingerprint density at radius 2 is 1.96 bits per heavy atom. The molecule has 1 amide bonds. The van der Waals surface area contributed by atoms with Gasteiger partial charge in [0, 0.05) is 10.7 Å². The number of esters is 1. The molecule has 0 heterocycles. The van der Waals surface area contributed by atoms with Crippen LogP contribution in [0.15, 0.2) is 55.1 Å². The Balaban J connectivity index is 1.80. The van der Waals surface area contributed by atoms with Crippen LogP contribution in [0.5, 0.6) is 11.5 Å². The largest absolute Gasteiger partial charge is 0.493 e. The first kappa shape index (κ1) is 20.3. The van der Waals surface area contributed by atoms with Gasteiger partial charge in [0.05, 0.1) is 7.11 Å². The SMILES string of the molecule is C=CCc1ccc(OCC(=O)OCC(=O)Nc2cccc(Cl)c2)c(OC)c1. The second kappa shape index (κ2) is 10.2. The molecule has 2 rings (SSSR count). The molecule has 0 aliphatic carbocycles. The highest BCUT2D eigenvalue weighted by molar-refractivity contribution is 6.30. The van der Waals surface area contributed by atoms with E-state index >= 15 is 0 Å². The van der Waals surface area contributed by atoms with E-state index in [9.17, 15) is 9.59 Å². The number of amides is 1. The molecule has 0 spiro atoms. The lowest BCUT2D eigenvalue weighted by atomic mass is 10.1. The fourth-order valence-corrected chi connectivity index (χ4v) is 2.40. The summed E-state index contributed by atoms with van der Waals surface area (Å²) in [5.74, 6) is -0.239. The van der Waals surface area contributed by atoms with Gasteiger partial charge in [-0.1, -0.05) is 29.8 Å². The number of hydrogen-bond acceptors (Lipinski definition) is 5. The maximum atomic E-state index is 11.8. The first-order valence-corrected chi connectivity index (χ1v) is 8.51. The van der Waals surface area contributed by atoms with Crippen molar-refractivity contribution in [2.75, 3.05) is 25.6 Å². The molecular formula is C20H20ClNO5. The van der Waals surface area contributed by atoms with Gasteiger partial charge in [0.2, 0.25) is 0 Å². The second-order valence-electron chi connectivity index (χ2n) is 5.49. The molecule has 0 radical (unpaired) electrons. The maximum absolute atomic E-state index is 11.8. The first-order chi connectivity index (χ1) is 13.0. The van der Waals surface area contributed by atoms with Gasteiger partial charge in [0.25, 0.3) is 5.91 Å². The van der Waals surface area contributed by atoms with Crippen LogP contribution in [0.25, 0.3) is 0 Å². The Morgan fingerprint density at radius 1 is 1.15 bits per heavy atom. The Kier molecular flexibility index (Phi) is 7.70. The number of allylic oxidation sites excluding steroid dienone is 1. The van der Waals surface area contributed by atoms with Crippen LogP contribution in [-0.4, -0.2) is 32.2 Å². The zero-order chi connectivity index (χ0) is 19.6. The number of benzene rings is 2. The third-order valence-corrected chi connectivity index (χ3v) is 3.66. The monoisotopic (exact) mass is 389 g/mol. The van der Waals surface area contributed by atoms with E-state index in [0.717, 1.165) is 5.56 Å². The van der Waals surface area contributed by atoms with Gasteiger partial charge in [0.1, 0.15) is 0 Å². The van der Waals surface area contributed by atoms with Crippen LogP contribution < -0.4 is 14.8 Å². The molecule has 1 N–H and O–H groups in total. The predicted octanol–water partition coefficient (Wildman–Crippen LogP) is 3.64. The van der Waals surface area contributed by atoms with Gasteiger partial charge in [-0.05, 0) is 42.3 Å². The number of carbonyl (C=O) groups excluding carboxylic acids is 2. The lowest BCUT2D eigenvalue weighted by Gasteiger charge is -2.12. The molecule has 0 unspecified atom stereocenters. The third-order valence-electron chi connectivity index (χ3n) is 3.43. The highest BCUT2D eigenvalue weighted by atomic mass is 35.5. The normalized spacial score (nSPS) is 10.0. The summed E-state index contributed by atoms with van der Waals surface area (Å²) >= 11 is 5.84. The van der Waals surface area contributed by atoms with E-state index in [0.29, 0.717) is 28.6 Å². The van der Waals surface area contributed by atoms with Gasteiger partial charge in [-0.3, -0.25) is 4.79 Å². The minimum atomic E-state index is -0.673. The number of rotatable bonds is 9. The highest BCUT2D eigenvalue weighted by Gasteiger charge is 2.11. The average molecular weight is 390 g/mol. The van der Waals surface area contributed by atoms with E-state index in [1.54, 1.807) is 42.5 Å². The molecule has 0 aliphatic rings. The molecule has 2 aromatic carbocycles. The minimum Gasteiger partial charge on any atom is -0.493 e. The number of halogens is 1. The van der Waals surface area contributed by atoms with Crippen molar-refractivity contribution in [1.29, 1.82) is 0 Å².